The largest absolute Gasteiger partial charge is 0.326 e. The number of hydrogen-bond acceptors (Lipinski definition) is 5. The Morgan fingerprint density at radius 1 is 0.939 bits per heavy atom. The van der Waals surface area contributed by atoms with Crippen LogP contribution in [0.5, 0.6) is 0 Å². The number of rotatable bonds is 7. The molecule has 4 rings (SSSR count). The van der Waals surface area contributed by atoms with E-state index in [9.17, 15) is 14.0 Å². The molecule has 1 N–H and O–H groups in total. The number of Topliss-reactive ketones (excluding diaryl/α,β-unsaturated/α-hetero) is 1. The van der Waals surface area contributed by atoms with Crippen molar-refractivity contribution in [2.75, 3.05) is 5.32 Å². The number of hydrogen-bond donors (Lipinski definition) is 1. The number of nitrogens with one attached hydrogen (secondary N) is 1. The quantitative estimate of drug-likeness (QED) is 0.295. The van der Waals surface area contributed by atoms with Gasteiger partial charge in [-0.2, -0.15) is 0 Å². The summed E-state index contributed by atoms with van der Waals surface area (Å²) in [6.07, 6.45) is 0. The molecule has 1 atom stereocenters. The molecular weight excluding hydrogens is 439 g/mol. The first-order chi connectivity index (χ1) is 15.9. The summed E-state index contributed by atoms with van der Waals surface area (Å²) in [5, 5.41) is 11.4. The average Bonchev–Trinajstić information content (AvgIpc) is 3.23. The van der Waals surface area contributed by atoms with Crippen LogP contribution in [0.25, 0.3) is 17.1 Å². The van der Waals surface area contributed by atoms with Gasteiger partial charge in [0.25, 0.3) is 0 Å². The van der Waals surface area contributed by atoms with E-state index in [1.807, 2.05) is 34.9 Å². The minimum atomic E-state index is -0.455. The fraction of sp³-hybridized carbons (Fsp3) is 0.120. The first-order valence-corrected chi connectivity index (χ1v) is 11.2. The topological polar surface area (TPSA) is 76.9 Å². The Balaban J connectivity index is 1.63. The Kier molecular flexibility index (Phi) is 6.65. The number of amides is 1. The number of halogens is 1. The molecule has 0 aliphatic carbocycles. The van der Waals surface area contributed by atoms with E-state index >= 15 is 0 Å². The maximum atomic E-state index is 13.5. The summed E-state index contributed by atoms with van der Waals surface area (Å²) in [5.41, 5.74) is 2.71. The minimum Gasteiger partial charge on any atom is -0.326 e. The molecule has 33 heavy (non-hydrogen) atoms. The first kappa shape index (κ1) is 22.4. The maximum Gasteiger partial charge on any atom is 0.221 e. The third-order valence-corrected chi connectivity index (χ3v) is 5.93. The Morgan fingerprint density at radius 2 is 1.61 bits per heavy atom. The van der Waals surface area contributed by atoms with Gasteiger partial charge in [-0.05, 0) is 55.5 Å². The number of benzene rings is 3. The molecule has 8 heteroatoms. The van der Waals surface area contributed by atoms with Crippen molar-refractivity contribution >= 4 is 29.1 Å². The van der Waals surface area contributed by atoms with Crippen LogP contribution in [-0.4, -0.2) is 31.7 Å². The van der Waals surface area contributed by atoms with E-state index < -0.39 is 5.25 Å². The molecule has 4 aromatic rings. The molecule has 0 saturated carbocycles. The molecule has 1 heterocycles. The number of carbonyl (C=O) groups excluding carboxylic acids is 2. The normalized spacial score (nSPS) is 11.7. The number of carbonyl (C=O) groups is 2. The van der Waals surface area contributed by atoms with Gasteiger partial charge in [0.05, 0.1) is 5.25 Å². The zero-order chi connectivity index (χ0) is 23.4. The molecular formula is C25H21FN4O2S. The number of anilines is 1. The molecule has 0 radical (unpaired) electrons. The predicted octanol–water partition coefficient (Wildman–Crippen LogP) is 5.40. The van der Waals surface area contributed by atoms with Crippen LogP contribution >= 0.6 is 11.8 Å². The molecule has 0 aliphatic rings. The summed E-state index contributed by atoms with van der Waals surface area (Å²) in [6, 6.07) is 22.4. The Bertz CT molecular complexity index is 1270. The lowest BCUT2D eigenvalue weighted by atomic mass is 10.1. The smallest absolute Gasteiger partial charge is 0.221 e. The lowest BCUT2D eigenvalue weighted by Crippen LogP contribution is -2.15. The fourth-order valence-corrected chi connectivity index (χ4v) is 4.26. The van der Waals surface area contributed by atoms with Crippen molar-refractivity contribution in [2.45, 2.75) is 24.3 Å². The van der Waals surface area contributed by atoms with Gasteiger partial charge < -0.3 is 5.32 Å². The summed E-state index contributed by atoms with van der Waals surface area (Å²) < 4.78 is 15.4. The van der Waals surface area contributed by atoms with Crippen LogP contribution in [0.3, 0.4) is 0 Å². The number of ketones is 1. The van der Waals surface area contributed by atoms with E-state index in [1.165, 1.54) is 30.8 Å². The summed E-state index contributed by atoms with van der Waals surface area (Å²) in [4.78, 5) is 24.2. The van der Waals surface area contributed by atoms with Gasteiger partial charge in [0.15, 0.2) is 16.8 Å². The Morgan fingerprint density at radius 3 is 2.24 bits per heavy atom. The monoisotopic (exact) mass is 460 g/mol. The van der Waals surface area contributed by atoms with Gasteiger partial charge >= 0.3 is 0 Å². The molecule has 6 nitrogen and oxygen atoms in total. The predicted molar refractivity (Wildman–Crippen MR) is 127 cm³/mol. The second-order valence-electron chi connectivity index (χ2n) is 7.37. The van der Waals surface area contributed by atoms with Crippen molar-refractivity contribution in [3.8, 4) is 17.1 Å². The molecule has 1 aromatic heterocycles. The zero-order valence-corrected chi connectivity index (χ0v) is 18.8. The van der Waals surface area contributed by atoms with Gasteiger partial charge in [-0.25, -0.2) is 4.39 Å². The van der Waals surface area contributed by atoms with E-state index in [1.54, 1.807) is 43.3 Å². The first-order valence-electron chi connectivity index (χ1n) is 10.3. The maximum absolute atomic E-state index is 13.5. The van der Waals surface area contributed by atoms with Crippen LogP contribution in [0, 0.1) is 5.82 Å². The van der Waals surface area contributed by atoms with E-state index in [0.717, 1.165) is 5.56 Å². The van der Waals surface area contributed by atoms with Crippen LogP contribution in [0.2, 0.25) is 0 Å². The third kappa shape index (κ3) is 5.18. The van der Waals surface area contributed by atoms with Crippen molar-refractivity contribution in [1.82, 2.24) is 14.8 Å². The molecule has 3 aromatic carbocycles. The second-order valence-corrected chi connectivity index (χ2v) is 8.67. The lowest BCUT2D eigenvalue weighted by molar-refractivity contribution is -0.114. The molecule has 1 unspecified atom stereocenters. The number of nitrogens with zero attached hydrogens (tertiary/aromatic N) is 3. The summed E-state index contributed by atoms with van der Waals surface area (Å²) in [7, 11) is 0. The van der Waals surface area contributed by atoms with E-state index in [4.69, 9.17) is 0 Å². The third-order valence-electron chi connectivity index (χ3n) is 4.89. The van der Waals surface area contributed by atoms with Crippen molar-refractivity contribution in [3.63, 3.8) is 0 Å². The Hall–Kier alpha value is -3.78. The molecule has 0 saturated heterocycles. The molecule has 0 fully saturated rings. The van der Waals surface area contributed by atoms with Gasteiger partial charge in [-0.15, -0.1) is 10.2 Å². The summed E-state index contributed by atoms with van der Waals surface area (Å²) in [5.74, 6) is 0.00852. The van der Waals surface area contributed by atoms with Crippen molar-refractivity contribution in [1.29, 1.82) is 0 Å². The van der Waals surface area contributed by atoms with Crippen LogP contribution in [-0.2, 0) is 4.79 Å². The van der Waals surface area contributed by atoms with Crippen LogP contribution in [0.15, 0.2) is 84.0 Å². The van der Waals surface area contributed by atoms with Gasteiger partial charge in [0, 0.05) is 29.4 Å². The van der Waals surface area contributed by atoms with E-state index in [0.29, 0.717) is 27.9 Å². The SMILES string of the molecule is CC(=O)Nc1ccc(C(=O)C(C)Sc2nnc(-c3ccccc3)n2-c2ccc(F)cc2)cc1. The van der Waals surface area contributed by atoms with Crippen molar-refractivity contribution in [2.24, 2.45) is 0 Å². The number of thioether (sulfide) groups is 1. The van der Waals surface area contributed by atoms with E-state index in [-0.39, 0.29) is 17.5 Å². The summed E-state index contributed by atoms with van der Waals surface area (Å²) in [6.45, 7) is 3.24. The van der Waals surface area contributed by atoms with Crippen molar-refractivity contribution in [3.05, 3.63) is 90.2 Å². The van der Waals surface area contributed by atoms with Gasteiger partial charge in [0.2, 0.25) is 5.91 Å². The van der Waals surface area contributed by atoms with Crippen LogP contribution in [0.4, 0.5) is 10.1 Å². The second kappa shape index (κ2) is 9.79. The van der Waals surface area contributed by atoms with Crippen molar-refractivity contribution < 1.29 is 14.0 Å². The highest BCUT2D eigenvalue weighted by molar-refractivity contribution is 8.00. The fourth-order valence-electron chi connectivity index (χ4n) is 3.31. The lowest BCUT2D eigenvalue weighted by Gasteiger charge is -2.13. The minimum absolute atomic E-state index is 0.0794. The van der Waals surface area contributed by atoms with Crippen LogP contribution in [0.1, 0.15) is 24.2 Å². The molecule has 1 amide bonds. The molecule has 0 aliphatic heterocycles. The van der Waals surface area contributed by atoms with Gasteiger partial charge in [-0.1, -0.05) is 42.1 Å². The van der Waals surface area contributed by atoms with E-state index in [2.05, 4.69) is 15.5 Å². The van der Waals surface area contributed by atoms with Gasteiger partial charge in [-0.3, -0.25) is 14.2 Å². The number of aromatic nitrogens is 3. The zero-order valence-electron chi connectivity index (χ0n) is 18.0. The van der Waals surface area contributed by atoms with Gasteiger partial charge in [0.1, 0.15) is 5.82 Å². The highest BCUT2D eigenvalue weighted by Gasteiger charge is 2.23. The highest BCUT2D eigenvalue weighted by Crippen LogP contribution is 2.31. The van der Waals surface area contributed by atoms with Crippen LogP contribution < -0.4 is 5.32 Å². The molecule has 166 valence electrons. The Labute approximate surface area is 194 Å². The standard InChI is InChI=1S/C25H21FN4O2S/c1-16(23(32)18-8-12-21(13-9-18)27-17(2)31)33-25-29-28-24(19-6-4-3-5-7-19)30(25)22-14-10-20(26)11-15-22/h3-16H,1-2H3,(H,27,31). The molecule has 0 spiro atoms. The average molecular weight is 461 g/mol. The highest BCUT2D eigenvalue weighted by atomic mass is 32.2. The molecule has 0 bridgehead atoms. The summed E-state index contributed by atoms with van der Waals surface area (Å²) >= 11 is 1.28.